The maximum Gasteiger partial charge on any atom is 0.306 e. The van der Waals surface area contributed by atoms with E-state index in [2.05, 4.69) is 65.5 Å². The van der Waals surface area contributed by atoms with Crippen molar-refractivity contribution in [2.75, 3.05) is 19.0 Å². The molecule has 1 aromatic carbocycles. The number of fused-ring (bicyclic) bond motifs is 1. The van der Waals surface area contributed by atoms with Crippen LogP contribution in [0, 0.1) is 0 Å². The van der Waals surface area contributed by atoms with E-state index in [1.54, 1.807) is 0 Å². The lowest BCUT2D eigenvalue weighted by molar-refractivity contribution is -0.439. The van der Waals surface area contributed by atoms with E-state index >= 15 is 0 Å². The molecule has 24 heavy (non-hydrogen) atoms. The summed E-state index contributed by atoms with van der Waals surface area (Å²) in [5, 5.41) is 0. The molecule has 4 heteroatoms. The number of alkyl halides is 1. The molecule has 0 bridgehead atoms. The molecular formula is C20H33BrNO2+. The second-order valence-corrected chi connectivity index (χ2v) is 5.79. The Balaban J connectivity index is 0.00000123. The molecule has 0 unspecified atom stereocenters. The minimum atomic E-state index is -0.100. The Labute approximate surface area is 156 Å². The van der Waals surface area contributed by atoms with Crippen LogP contribution in [0.25, 0.3) is 0 Å². The molecule has 2 rings (SSSR count). The molecule has 0 atom stereocenters. The predicted molar refractivity (Wildman–Crippen MR) is 107 cm³/mol. The molecule has 0 spiro atoms. The fraction of sp³-hybridized carbons (Fsp3) is 0.600. The highest BCUT2D eigenvalue weighted by atomic mass is 79.9. The van der Waals surface area contributed by atoms with E-state index in [0.29, 0.717) is 13.0 Å². The number of rotatable bonds is 5. The monoisotopic (exact) mass is 398 g/mol. The van der Waals surface area contributed by atoms with Gasteiger partial charge in [0.25, 0.3) is 0 Å². The van der Waals surface area contributed by atoms with Gasteiger partial charge in [0.15, 0.2) is 5.71 Å². The summed E-state index contributed by atoms with van der Waals surface area (Å²) in [4.78, 5) is 11.4. The Morgan fingerprint density at radius 1 is 1.21 bits per heavy atom. The lowest BCUT2D eigenvalue weighted by Gasteiger charge is -2.14. The van der Waals surface area contributed by atoms with Crippen LogP contribution in [-0.4, -0.2) is 35.2 Å². The summed E-state index contributed by atoms with van der Waals surface area (Å²) in [7, 11) is 0. The van der Waals surface area contributed by atoms with Gasteiger partial charge >= 0.3 is 5.97 Å². The van der Waals surface area contributed by atoms with E-state index in [-0.39, 0.29) is 11.4 Å². The van der Waals surface area contributed by atoms with Crippen LogP contribution in [0.1, 0.15) is 59.9 Å². The third-order valence-corrected chi connectivity index (χ3v) is 4.25. The summed E-state index contributed by atoms with van der Waals surface area (Å²) in [6.45, 7) is 13.9. The van der Waals surface area contributed by atoms with Crippen molar-refractivity contribution >= 4 is 33.3 Å². The molecule has 1 aliphatic heterocycles. The maximum absolute atomic E-state index is 11.4. The Morgan fingerprint density at radius 2 is 1.79 bits per heavy atom. The van der Waals surface area contributed by atoms with Crippen molar-refractivity contribution in [1.29, 1.82) is 0 Å². The third-order valence-electron chi connectivity index (χ3n) is 4.25. The van der Waals surface area contributed by atoms with Crippen molar-refractivity contribution in [3.8, 4) is 0 Å². The number of para-hydroxylation sites is 1. The lowest BCUT2D eigenvalue weighted by Crippen LogP contribution is -2.26. The fourth-order valence-corrected chi connectivity index (χ4v) is 2.85. The van der Waals surface area contributed by atoms with Gasteiger partial charge in [0.2, 0.25) is 5.69 Å². The van der Waals surface area contributed by atoms with Crippen LogP contribution < -0.4 is 0 Å². The highest BCUT2D eigenvalue weighted by Gasteiger charge is 2.42. The molecule has 3 nitrogen and oxygen atoms in total. The summed E-state index contributed by atoms with van der Waals surface area (Å²) >= 11 is 2.94. The van der Waals surface area contributed by atoms with Gasteiger partial charge in [0.05, 0.1) is 18.4 Å². The van der Waals surface area contributed by atoms with Crippen LogP contribution in [0.3, 0.4) is 0 Å². The molecule has 0 saturated heterocycles. The van der Waals surface area contributed by atoms with Crippen molar-refractivity contribution in [1.82, 2.24) is 0 Å². The van der Waals surface area contributed by atoms with E-state index in [9.17, 15) is 4.79 Å². The van der Waals surface area contributed by atoms with Crippen molar-refractivity contribution < 1.29 is 14.1 Å². The van der Waals surface area contributed by atoms with Gasteiger partial charge in [-0.2, -0.15) is 4.58 Å². The normalized spacial score (nSPS) is 14.0. The van der Waals surface area contributed by atoms with E-state index in [1.165, 1.54) is 17.0 Å². The largest absolute Gasteiger partial charge is 0.466 e. The molecule has 136 valence electrons. The molecule has 0 aliphatic carbocycles. The van der Waals surface area contributed by atoms with Gasteiger partial charge in [-0.05, 0) is 26.6 Å². The summed E-state index contributed by atoms with van der Waals surface area (Å²) < 4.78 is 7.32. The number of carbonyl (C=O) groups excluding carboxylic acids is 1. The Bertz CT molecular complexity index is 550. The molecule has 1 aliphatic rings. The number of nitrogens with zero attached hydrogens (tertiary/aromatic N) is 1. The first-order valence-electron chi connectivity index (χ1n) is 8.73. The number of carbonyl (C=O) groups is 1. The lowest BCUT2D eigenvalue weighted by atomic mass is 9.82. The zero-order chi connectivity index (χ0) is 18.8. The molecule has 1 aromatic rings. The van der Waals surface area contributed by atoms with E-state index in [4.69, 9.17) is 4.74 Å². The van der Waals surface area contributed by atoms with Gasteiger partial charge in [-0.25, -0.2) is 0 Å². The first-order valence-corrected chi connectivity index (χ1v) is 10.3. The van der Waals surface area contributed by atoms with Crippen molar-refractivity contribution in [2.24, 2.45) is 0 Å². The zero-order valence-electron chi connectivity index (χ0n) is 16.3. The molecule has 0 aromatic heterocycles. The minimum Gasteiger partial charge on any atom is -0.466 e. The first-order chi connectivity index (χ1) is 11.5. The number of hydrogen-bond acceptors (Lipinski definition) is 2. The molecule has 1 heterocycles. The number of esters is 1. The molecule has 0 saturated carbocycles. The molecular weight excluding hydrogens is 366 g/mol. The van der Waals surface area contributed by atoms with Crippen LogP contribution in [-0.2, 0) is 14.9 Å². The van der Waals surface area contributed by atoms with Crippen molar-refractivity contribution in [2.45, 2.75) is 59.8 Å². The van der Waals surface area contributed by atoms with Crippen LogP contribution in [0.4, 0.5) is 5.69 Å². The number of hydrogen-bond donors (Lipinski definition) is 0. The average Bonchev–Trinajstić information content (AvgIpc) is 2.80. The van der Waals surface area contributed by atoms with Gasteiger partial charge in [0.1, 0.15) is 6.54 Å². The van der Waals surface area contributed by atoms with Gasteiger partial charge in [0, 0.05) is 25.0 Å². The van der Waals surface area contributed by atoms with Gasteiger partial charge in [-0.1, -0.05) is 48.0 Å². The molecule has 0 N–H and O–H groups in total. The minimum absolute atomic E-state index is 0.0700. The van der Waals surface area contributed by atoms with Crippen LogP contribution in [0.5, 0.6) is 0 Å². The Kier molecular flexibility index (Phi) is 10.9. The highest BCUT2D eigenvalue weighted by molar-refractivity contribution is 9.08. The fourth-order valence-electron chi connectivity index (χ4n) is 2.85. The van der Waals surface area contributed by atoms with E-state index in [1.807, 2.05) is 26.6 Å². The number of halogens is 1. The molecule has 0 radical (unpaired) electrons. The maximum atomic E-state index is 11.4. The standard InChI is InChI=1S/C17H24NO2.C2H6.CH3Br/c1-5-20-16(19)11-8-12-18-13(2)17(3,4)14-9-6-7-10-15(14)18;2*1-2/h6-7,9-10H,5,8,11-12H2,1-4H3;1-2H3;1H3/q+1;;. The predicted octanol–water partition coefficient (Wildman–Crippen LogP) is 5.46. The quantitative estimate of drug-likeness (QED) is 0.374. The highest BCUT2D eigenvalue weighted by Crippen LogP contribution is 2.39. The summed E-state index contributed by atoms with van der Waals surface area (Å²) in [5.74, 6) is 1.71. The molecule has 0 fully saturated rings. The summed E-state index contributed by atoms with van der Waals surface area (Å²) in [5.41, 5.74) is 4.07. The van der Waals surface area contributed by atoms with Gasteiger partial charge < -0.3 is 4.74 Å². The van der Waals surface area contributed by atoms with E-state index < -0.39 is 0 Å². The van der Waals surface area contributed by atoms with Crippen LogP contribution in [0.15, 0.2) is 24.3 Å². The van der Waals surface area contributed by atoms with Crippen LogP contribution >= 0.6 is 15.9 Å². The Morgan fingerprint density at radius 3 is 2.38 bits per heavy atom. The smallest absolute Gasteiger partial charge is 0.306 e. The van der Waals surface area contributed by atoms with Gasteiger partial charge in [-0.3, -0.25) is 4.79 Å². The SMILES string of the molecule is CBr.CC.CCOC(=O)CCC[N+]1=C(C)C(C)(C)c2ccccc21. The third kappa shape index (κ3) is 5.44. The van der Waals surface area contributed by atoms with Crippen molar-refractivity contribution in [3.05, 3.63) is 29.8 Å². The van der Waals surface area contributed by atoms with Crippen LogP contribution in [0.2, 0.25) is 0 Å². The zero-order valence-corrected chi connectivity index (χ0v) is 17.9. The number of benzene rings is 1. The first kappa shape index (κ1) is 22.8. The van der Waals surface area contributed by atoms with Gasteiger partial charge in [-0.15, -0.1) is 0 Å². The second-order valence-electron chi connectivity index (χ2n) is 5.79. The van der Waals surface area contributed by atoms with Crippen molar-refractivity contribution in [3.63, 3.8) is 0 Å². The van der Waals surface area contributed by atoms with E-state index in [0.717, 1.165) is 13.0 Å². The molecule has 0 amide bonds. The average molecular weight is 399 g/mol. The summed E-state index contributed by atoms with van der Waals surface area (Å²) in [6, 6.07) is 8.53. The topological polar surface area (TPSA) is 29.3 Å². The summed E-state index contributed by atoms with van der Waals surface area (Å²) in [6.07, 6.45) is 1.31. The number of ether oxygens (including phenoxy) is 1. The second kappa shape index (κ2) is 11.4. The Hall–Kier alpha value is -1.16.